The van der Waals surface area contributed by atoms with Crippen LogP contribution in [0.1, 0.15) is 43.0 Å². The monoisotopic (exact) mass is 353 g/mol. The van der Waals surface area contributed by atoms with E-state index in [9.17, 15) is 14.7 Å². The normalized spacial score (nSPS) is 22.1. The van der Waals surface area contributed by atoms with Crippen molar-refractivity contribution in [2.24, 2.45) is 5.41 Å². The second-order valence-corrected chi connectivity index (χ2v) is 6.50. The first-order valence-corrected chi connectivity index (χ1v) is 8.07. The molecule has 1 N–H and O–H groups in total. The predicted octanol–water partition coefficient (Wildman–Crippen LogP) is 3.56. The van der Waals surface area contributed by atoms with Gasteiger partial charge in [-0.05, 0) is 47.3 Å². The fourth-order valence-electron chi connectivity index (χ4n) is 3.07. The van der Waals surface area contributed by atoms with Gasteiger partial charge in [0.2, 0.25) is 0 Å². The molecule has 0 aromatic heterocycles. The number of halogens is 1. The number of carboxylic acid groups (broad SMARTS) is 1. The van der Waals surface area contributed by atoms with Crippen LogP contribution in [0.3, 0.4) is 0 Å². The largest absolute Gasteiger partial charge is 0.481 e. The first-order valence-electron chi connectivity index (χ1n) is 7.27. The molecule has 4 nitrogen and oxygen atoms in total. The molecule has 0 saturated carbocycles. The van der Waals surface area contributed by atoms with Gasteiger partial charge in [0.15, 0.2) is 0 Å². The van der Waals surface area contributed by atoms with Crippen LogP contribution >= 0.6 is 15.9 Å². The summed E-state index contributed by atoms with van der Waals surface area (Å²) in [5, 5.41) is 9.60. The zero-order valence-corrected chi connectivity index (χ0v) is 13.7. The van der Waals surface area contributed by atoms with Crippen LogP contribution in [0.25, 0.3) is 0 Å². The minimum atomic E-state index is -0.788. The SMILES string of the molecule is CCCC1(C(=O)O)CCCN(C(=O)c2ccccc2Br)C1. The van der Waals surface area contributed by atoms with Gasteiger partial charge in [-0.3, -0.25) is 9.59 Å². The van der Waals surface area contributed by atoms with E-state index in [0.29, 0.717) is 31.5 Å². The number of hydrogen-bond acceptors (Lipinski definition) is 2. The number of amides is 1. The van der Waals surface area contributed by atoms with Gasteiger partial charge in [-0.2, -0.15) is 0 Å². The number of aliphatic carboxylic acids is 1. The van der Waals surface area contributed by atoms with Crippen molar-refractivity contribution in [1.29, 1.82) is 0 Å². The van der Waals surface area contributed by atoms with Crippen LogP contribution in [0.4, 0.5) is 0 Å². The molecule has 1 heterocycles. The molecule has 21 heavy (non-hydrogen) atoms. The molecule has 114 valence electrons. The van der Waals surface area contributed by atoms with Crippen molar-refractivity contribution >= 4 is 27.8 Å². The number of hydrogen-bond donors (Lipinski definition) is 1. The van der Waals surface area contributed by atoms with Gasteiger partial charge >= 0.3 is 5.97 Å². The summed E-state index contributed by atoms with van der Waals surface area (Å²) in [4.78, 5) is 26.0. The summed E-state index contributed by atoms with van der Waals surface area (Å²) < 4.78 is 0.747. The van der Waals surface area contributed by atoms with Crippen LogP contribution in [-0.2, 0) is 4.79 Å². The van der Waals surface area contributed by atoms with Crippen LogP contribution in [0, 0.1) is 5.41 Å². The van der Waals surface area contributed by atoms with E-state index in [4.69, 9.17) is 0 Å². The van der Waals surface area contributed by atoms with Crippen molar-refractivity contribution < 1.29 is 14.7 Å². The number of carbonyl (C=O) groups excluding carboxylic acids is 1. The molecule has 1 saturated heterocycles. The van der Waals surface area contributed by atoms with Gasteiger partial charge in [0.05, 0.1) is 11.0 Å². The second kappa shape index (κ2) is 6.60. The van der Waals surface area contributed by atoms with E-state index in [2.05, 4.69) is 15.9 Å². The Hall–Kier alpha value is -1.36. The molecule has 1 unspecified atom stereocenters. The minimum absolute atomic E-state index is 0.0936. The van der Waals surface area contributed by atoms with Gasteiger partial charge in [-0.1, -0.05) is 25.5 Å². The van der Waals surface area contributed by atoms with Crippen LogP contribution in [0.2, 0.25) is 0 Å². The average Bonchev–Trinajstić information content (AvgIpc) is 2.47. The summed E-state index contributed by atoms with van der Waals surface area (Å²) in [5.41, 5.74) is -0.195. The first-order chi connectivity index (χ1) is 10.00. The lowest BCUT2D eigenvalue weighted by molar-refractivity contribution is -0.152. The molecule has 1 aliphatic rings. The zero-order valence-electron chi connectivity index (χ0n) is 12.1. The number of carboxylic acids is 1. The maximum atomic E-state index is 12.6. The van der Waals surface area contributed by atoms with Gasteiger partial charge in [-0.15, -0.1) is 0 Å². The van der Waals surface area contributed by atoms with Crippen LogP contribution in [0.5, 0.6) is 0 Å². The van der Waals surface area contributed by atoms with Gasteiger partial charge < -0.3 is 10.0 Å². The molecule has 1 aromatic carbocycles. The first kappa shape index (κ1) is 16.0. The Kier molecular flexibility index (Phi) is 5.04. The van der Waals surface area contributed by atoms with Gasteiger partial charge in [-0.25, -0.2) is 0 Å². The molecule has 0 radical (unpaired) electrons. The smallest absolute Gasteiger partial charge is 0.311 e. The highest BCUT2D eigenvalue weighted by Crippen LogP contribution is 2.36. The molecule has 1 atom stereocenters. The van der Waals surface area contributed by atoms with Crippen molar-refractivity contribution in [1.82, 2.24) is 4.90 Å². The molecule has 5 heteroatoms. The van der Waals surface area contributed by atoms with Crippen molar-refractivity contribution in [3.63, 3.8) is 0 Å². The molecule has 0 spiro atoms. The quantitative estimate of drug-likeness (QED) is 0.900. The summed E-state index contributed by atoms with van der Waals surface area (Å²) in [6, 6.07) is 7.27. The van der Waals surface area contributed by atoms with Crippen molar-refractivity contribution in [3.05, 3.63) is 34.3 Å². The Morgan fingerprint density at radius 2 is 2.10 bits per heavy atom. The van der Waals surface area contributed by atoms with E-state index in [0.717, 1.165) is 17.3 Å². The van der Waals surface area contributed by atoms with Gasteiger partial charge in [0.1, 0.15) is 0 Å². The van der Waals surface area contributed by atoms with Crippen molar-refractivity contribution in [2.45, 2.75) is 32.6 Å². The summed E-state index contributed by atoms with van der Waals surface area (Å²) >= 11 is 3.39. The van der Waals surface area contributed by atoms with E-state index in [1.54, 1.807) is 11.0 Å². The maximum absolute atomic E-state index is 12.6. The summed E-state index contributed by atoms with van der Waals surface area (Å²) in [5.74, 6) is -0.877. The maximum Gasteiger partial charge on any atom is 0.311 e. The van der Waals surface area contributed by atoms with Gasteiger partial charge in [0.25, 0.3) is 5.91 Å². The van der Waals surface area contributed by atoms with Crippen LogP contribution in [0.15, 0.2) is 28.7 Å². The van der Waals surface area contributed by atoms with E-state index in [1.165, 1.54) is 0 Å². The topological polar surface area (TPSA) is 57.6 Å². The standard InChI is InChI=1S/C16H20BrNO3/c1-2-8-16(15(20)21)9-5-10-18(11-16)14(19)12-6-3-4-7-13(12)17/h3-4,6-7H,2,5,8-11H2,1H3,(H,20,21). The molecular weight excluding hydrogens is 334 g/mol. The third-order valence-electron chi connectivity index (χ3n) is 4.15. The fourth-order valence-corrected chi connectivity index (χ4v) is 3.53. The molecular formula is C16H20BrNO3. The molecule has 0 bridgehead atoms. The third kappa shape index (κ3) is 3.28. The lowest BCUT2D eigenvalue weighted by Gasteiger charge is -2.40. The van der Waals surface area contributed by atoms with Crippen molar-refractivity contribution in [3.8, 4) is 0 Å². The van der Waals surface area contributed by atoms with Gasteiger partial charge in [0, 0.05) is 17.6 Å². The van der Waals surface area contributed by atoms with E-state index in [-0.39, 0.29) is 5.91 Å². The Morgan fingerprint density at radius 3 is 2.71 bits per heavy atom. The highest BCUT2D eigenvalue weighted by molar-refractivity contribution is 9.10. The third-order valence-corrected chi connectivity index (χ3v) is 4.84. The highest BCUT2D eigenvalue weighted by Gasteiger charge is 2.43. The Labute approximate surface area is 133 Å². The minimum Gasteiger partial charge on any atom is -0.481 e. The summed E-state index contributed by atoms with van der Waals surface area (Å²) in [6.07, 6.45) is 2.81. The number of piperidine rings is 1. The highest BCUT2D eigenvalue weighted by atomic mass is 79.9. The van der Waals surface area contributed by atoms with Crippen LogP contribution in [-0.4, -0.2) is 35.0 Å². The van der Waals surface area contributed by atoms with E-state index >= 15 is 0 Å². The number of benzene rings is 1. The molecule has 1 aliphatic heterocycles. The Balaban J connectivity index is 2.23. The molecule has 1 fully saturated rings. The van der Waals surface area contributed by atoms with E-state index in [1.807, 2.05) is 25.1 Å². The van der Waals surface area contributed by atoms with Crippen molar-refractivity contribution in [2.75, 3.05) is 13.1 Å². The molecule has 0 aliphatic carbocycles. The zero-order chi connectivity index (χ0) is 15.5. The number of carbonyl (C=O) groups is 2. The number of likely N-dealkylation sites (tertiary alicyclic amines) is 1. The fraction of sp³-hybridized carbons (Fsp3) is 0.500. The lowest BCUT2D eigenvalue weighted by Crippen LogP contribution is -2.50. The molecule has 2 rings (SSSR count). The number of rotatable bonds is 4. The molecule has 1 aromatic rings. The summed E-state index contributed by atoms with van der Waals surface area (Å²) in [6.45, 7) is 2.91. The van der Waals surface area contributed by atoms with Crippen LogP contribution < -0.4 is 0 Å². The predicted molar refractivity (Wildman–Crippen MR) is 84.3 cm³/mol. The second-order valence-electron chi connectivity index (χ2n) is 5.65. The number of nitrogens with zero attached hydrogens (tertiary/aromatic N) is 1. The Bertz CT molecular complexity index is 542. The average molecular weight is 354 g/mol. The lowest BCUT2D eigenvalue weighted by atomic mass is 9.76. The van der Waals surface area contributed by atoms with E-state index < -0.39 is 11.4 Å². The Morgan fingerprint density at radius 1 is 1.38 bits per heavy atom. The molecule has 1 amide bonds. The summed E-state index contributed by atoms with van der Waals surface area (Å²) in [7, 11) is 0.